The van der Waals surface area contributed by atoms with E-state index in [0.29, 0.717) is 6.54 Å². The Labute approximate surface area is 112 Å². The van der Waals surface area contributed by atoms with Crippen molar-refractivity contribution in [2.45, 2.75) is 25.1 Å². The second-order valence-corrected chi connectivity index (χ2v) is 7.00. The molecule has 5 heteroatoms. The predicted molar refractivity (Wildman–Crippen MR) is 75.7 cm³/mol. The van der Waals surface area contributed by atoms with Gasteiger partial charge in [-0.25, -0.2) is 9.37 Å². The van der Waals surface area contributed by atoms with E-state index < -0.39 is 0 Å². The third-order valence-corrected chi connectivity index (χ3v) is 4.30. The lowest BCUT2D eigenvalue weighted by molar-refractivity contribution is 0.607. The van der Waals surface area contributed by atoms with E-state index in [9.17, 15) is 4.39 Å². The Morgan fingerprint density at radius 2 is 2.33 bits per heavy atom. The van der Waals surface area contributed by atoms with Crippen LogP contribution in [0.3, 0.4) is 0 Å². The van der Waals surface area contributed by atoms with Gasteiger partial charge in [0, 0.05) is 35.7 Å². The molecule has 0 radical (unpaired) electrons. The molecule has 18 heavy (non-hydrogen) atoms. The fourth-order valence-corrected chi connectivity index (χ4v) is 3.39. The minimum atomic E-state index is -0.269. The summed E-state index contributed by atoms with van der Waals surface area (Å²) in [5.41, 5.74) is 0.931. The van der Waals surface area contributed by atoms with Crippen LogP contribution in [0.4, 0.5) is 10.2 Å². The number of pyridine rings is 1. The van der Waals surface area contributed by atoms with Gasteiger partial charge < -0.3 is 10.2 Å². The van der Waals surface area contributed by atoms with Crippen molar-refractivity contribution in [1.82, 2.24) is 10.3 Å². The van der Waals surface area contributed by atoms with E-state index in [-0.39, 0.29) is 10.6 Å². The number of aromatic nitrogens is 1. The molecule has 0 aromatic carbocycles. The van der Waals surface area contributed by atoms with Gasteiger partial charge in [-0.05, 0) is 27.0 Å². The maximum Gasteiger partial charge on any atom is 0.141 e. The summed E-state index contributed by atoms with van der Waals surface area (Å²) in [6.45, 7) is 7.05. The molecule has 0 unspecified atom stereocenters. The number of nitrogens with one attached hydrogen (secondary N) is 1. The molecule has 1 aliphatic rings. The average molecular weight is 269 g/mol. The number of anilines is 1. The third kappa shape index (κ3) is 3.14. The number of thioether (sulfide) groups is 1. The van der Waals surface area contributed by atoms with Crippen LogP contribution in [0.15, 0.2) is 12.3 Å². The number of rotatable bonds is 3. The maximum atomic E-state index is 13.3. The van der Waals surface area contributed by atoms with Crippen LogP contribution in [0.2, 0.25) is 0 Å². The predicted octanol–water partition coefficient (Wildman–Crippen LogP) is 2.27. The smallest absolute Gasteiger partial charge is 0.141 e. The molecule has 0 spiro atoms. The molecule has 1 aliphatic heterocycles. The van der Waals surface area contributed by atoms with Crippen molar-refractivity contribution >= 4 is 17.6 Å². The first kappa shape index (κ1) is 13.6. The largest absolute Gasteiger partial charge is 0.354 e. The highest BCUT2D eigenvalue weighted by atomic mass is 32.2. The summed E-state index contributed by atoms with van der Waals surface area (Å²) in [6, 6.07) is 1.58. The van der Waals surface area contributed by atoms with Crippen molar-refractivity contribution in [1.29, 1.82) is 0 Å². The highest BCUT2D eigenvalue weighted by molar-refractivity contribution is 8.00. The summed E-state index contributed by atoms with van der Waals surface area (Å²) >= 11 is 1.98. The van der Waals surface area contributed by atoms with Crippen LogP contribution < -0.4 is 10.2 Å². The van der Waals surface area contributed by atoms with E-state index in [1.165, 1.54) is 6.20 Å². The van der Waals surface area contributed by atoms with Crippen LogP contribution in [0.1, 0.15) is 19.4 Å². The SMILES string of the molecule is CNCc1cc(F)cnc1N1CCSC(C)(C)C1. The number of halogens is 1. The first-order valence-electron chi connectivity index (χ1n) is 6.20. The van der Waals surface area contributed by atoms with Crippen molar-refractivity contribution < 1.29 is 4.39 Å². The number of hydrogen-bond donors (Lipinski definition) is 1. The molecule has 3 nitrogen and oxygen atoms in total. The van der Waals surface area contributed by atoms with Gasteiger partial charge in [0.15, 0.2) is 0 Å². The molecule has 100 valence electrons. The van der Waals surface area contributed by atoms with Crippen LogP contribution in [0.5, 0.6) is 0 Å². The van der Waals surface area contributed by atoms with E-state index in [4.69, 9.17) is 0 Å². The number of nitrogens with zero attached hydrogens (tertiary/aromatic N) is 2. The zero-order chi connectivity index (χ0) is 13.2. The summed E-state index contributed by atoms with van der Waals surface area (Å²) in [7, 11) is 1.87. The second kappa shape index (κ2) is 5.45. The third-order valence-electron chi connectivity index (χ3n) is 3.00. The van der Waals surface area contributed by atoms with E-state index in [1.807, 2.05) is 18.8 Å². The first-order valence-corrected chi connectivity index (χ1v) is 7.18. The van der Waals surface area contributed by atoms with Crippen molar-refractivity contribution in [3.05, 3.63) is 23.6 Å². The lowest BCUT2D eigenvalue weighted by Crippen LogP contribution is -2.44. The molecule has 1 N–H and O–H groups in total. The summed E-state index contributed by atoms with van der Waals surface area (Å²) in [5, 5.41) is 3.07. The molecular weight excluding hydrogens is 249 g/mol. The Morgan fingerprint density at radius 3 is 3.00 bits per heavy atom. The molecule has 1 aromatic rings. The molecule has 0 aliphatic carbocycles. The Kier molecular flexibility index (Phi) is 4.12. The topological polar surface area (TPSA) is 28.2 Å². The van der Waals surface area contributed by atoms with Gasteiger partial charge >= 0.3 is 0 Å². The zero-order valence-electron chi connectivity index (χ0n) is 11.2. The molecule has 0 saturated carbocycles. The molecule has 2 rings (SSSR count). The van der Waals surface area contributed by atoms with Gasteiger partial charge in [-0.1, -0.05) is 0 Å². The fourth-order valence-electron chi connectivity index (χ4n) is 2.28. The van der Waals surface area contributed by atoms with Crippen LogP contribution in [0, 0.1) is 5.82 Å². The minimum absolute atomic E-state index is 0.227. The standard InChI is InChI=1S/C13H20FN3S/c1-13(2)9-17(4-5-18-13)12-10(7-15-3)6-11(14)8-16-12/h6,8,15H,4-5,7,9H2,1-3H3. The molecule has 0 bridgehead atoms. The van der Waals surface area contributed by atoms with E-state index in [1.54, 1.807) is 6.07 Å². The van der Waals surface area contributed by atoms with Gasteiger partial charge in [0.1, 0.15) is 11.6 Å². The summed E-state index contributed by atoms with van der Waals surface area (Å²) in [6.07, 6.45) is 1.31. The molecule has 1 aromatic heterocycles. The highest BCUT2D eigenvalue weighted by Crippen LogP contribution is 2.32. The molecule has 2 heterocycles. The van der Waals surface area contributed by atoms with Gasteiger partial charge in [-0.15, -0.1) is 0 Å². The Morgan fingerprint density at radius 1 is 1.56 bits per heavy atom. The quantitative estimate of drug-likeness (QED) is 0.911. The summed E-state index contributed by atoms with van der Waals surface area (Å²) in [4.78, 5) is 6.55. The van der Waals surface area contributed by atoms with Crippen LogP contribution in [-0.2, 0) is 6.54 Å². The van der Waals surface area contributed by atoms with Gasteiger partial charge in [0.2, 0.25) is 0 Å². The average Bonchev–Trinajstić information content (AvgIpc) is 2.28. The van der Waals surface area contributed by atoms with Crippen molar-refractivity contribution in [3.63, 3.8) is 0 Å². The van der Waals surface area contributed by atoms with Crippen molar-refractivity contribution in [2.75, 3.05) is 30.8 Å². The molecule has 0 atom stereocenters. The lowest BCUT2D eigenvalue weighted by atomic mass is 10.1. The van der Waals surface area contributed by atoms with Crippen molar-refractivity contribution in [3.8, 4) is 0 Å². The summed E-state index contributed by atoms with van der Waals surface area (Å²) in [5.74, 6) is 1.74. The van der Waals surface area contributed by atoms with E-state index >= 15 is 0 Å². The normalized spacial score (nSPS) is 19.0. The van der Waals surface area contributed by atoms with Gasteiger partial charge in [0.25, 0.3) is 0 Å². The Bertz CT molecular complexity index is 423. The van der Waals surface area contributed by atoms with Crippen LogP contribution in [0.25, 0.3) is 0 Å². The monoisotopic (exact) mass is 269 g/mol. The fraction of sp³-hybridized carbons (Fsp3) is 0.615. The minimum Gasteiger partial charge on any atom is -0.354 e. The van der Waals surface area contributed by atoms with Gasteiger partial charge in [0.05, 0.1) is 6.20 Å². The van der Waals surface area contributed by atoms with Gasteiger partial charge in [-0.2, -0.15) is 11.8 Å². The summed E-state index contributed by atoms with van der Waals surface area (Å²) < 4.78 is 13.5. The second-order valence-electron chi connectivity index (χ2n) is 5.20. The molecule has 0 amide bonds. The Balaban J connectivity index is 2.26. The highest BCUT2D eigenvalue weighted by Gasteiger charge is 2.28. The first-order chi connectivity index (χ1) is 8.52. The van der Waals surface area contributed by atoms with E-state index in [2.05, 4.69) is 29.0 Å². The lowest BCUT2D eigenvalue weighted by Gasteiger charge is -2.39. The number of hydrogen-bond acceptors (Lipinski definition) is 4. The van der Waals surface area contributed by atoms with Gasteiger partial charge in [-0.3, -0.25) is 0 Å². The van der Waals surface area contributed by atoms with Crippen molar-refractivity contribution in [2.24, 2.45) is 0 Å². The van der Waals surface area contributed by atoms with E-state index in [0.717, 1.165) is 30.2 Å². The maximum absolute atomic E-state index is 13.3. The van der Waals surface area contributed by atoms with Crippen LogP contribution in [-0.4, -0.2) is 35.6 Å². The van der Waals surface area contributed by atoms with Crippen LogP contribution >= 0.6 is 11.8 Å². The molecular formula is C13H20FN3S. The molecule has 1 fully saturated rings. The zero-order valence-corrected chi connectivity index (χ0v) is 12.0. The Hall–Kier alpha value is -0.810. The molecule has 1 saturated heterocycles.